The van der Waals surface area contributed by atoms with Gasteiger partial charge in [-0.15, -0.1) is 10.2 Å². The van der Waals surface area contributed by atoms with Gasteiger partial charge in [-0.05, 0) is 29.8 Å². The van der Waals surface area contributed by atoms with E-state index in [1.165, 1.54) is 23.9 Å². The molecule has 0 amide bonds. The third-order valence-electron chi connectivity index (χ3n) is 4.01. The van der Waals surface area contributed by atoms with Gasteiger partial charge in [-0.2, -0.15) is 0 Å². The summed E-state index contributed by atoms with van der Waals surface area (Å²) in [5, 5.41) is 9.27. The molecular formula is C19H20FN3O3S. The normalized spacial score (nSPS) is 10.7. The van der Waals surface area contributed by atoms with Crippen molar-refractivity contribution in [2.75, 3.05) is 21.3 Å². The van der Waals surface area contributed by atoms with E-state index in [1.54, 1.807) is 27.4 Å². The summed E-state index contributed by atoms with van der Waals surface area (Å²) in [6.45, 7) is 0. The summed E-state index contributed by atoms with van der Waals surface area (Å²) in [6.07, 6.45) is 0. The van der Waals surface area contributed by atoms with E-state index in [0.717, 1.165) is 16.3 Å². The molecule has 0 saturated heterocycles. The van der Waals surface area contributed by atoms with Crippen LogP contribution in [0.5, 0.6) is 17.2 Å². The lowest BCUT2D eigenvalue weighted by molar-refractivity contribution is 0.324. The molecule has 0 unspecified atom stereocenters. The summed E-state index contributed by atoms with van der Waals surface area (Å²) >= 11 is 1.49. The predicted molar refractivity (Wildman–Crippen MR) is 102 cm³/mol. The van der Waals surface area contributed by atoms with Crippen LogP contribution in [0.1, 0.15) is 5.56 Å². The van der Waals surface area contributed by atoms with Crippen LogP contribution in [0.15, 0.2) is 41.6 Å². The van der Waals surface area contributed by atoms with Crippen molar-refractivity contribution in [3.8, 4) is 28.6 Å². The Bertz CT molecular complexity index is 921. The molecular weight excluding hydrogens is 369 g/mol. The summed E-state index contributed by atoms with van der Waals surface area (Å²) in [6, 6.07) is 10.2. The Hall–Kier alpha value is -2.74. The van der Waals surface area contributed by atoms with Crippen LogP contribution < -0.4 is 14.2 Å². The third-order valence-corrected chi connectivity index (χ3v) is 5.11. The highest BCUT2D eigenvalue weighted by Crippen LogP contribution is 2.41. The molecule has 0 bridgehead atoms. The summed E-state index contributed by atoms with van der Waals surface area (Å²) in [4.78, 5) is 0. The number of hydrogen-bond acceptors (Lipinski definition) is 6. The van der Waals surface area contributed by atoms with Crippen molar-refractivity contribution >= 4 is 11.8 Å². The summed E-state index contributed by atoms with van der Waals surface area (Å²) in [5.41, 5.74) is 1.68. The monoisotopic (exact) mass is 389 g/mol. The molecule has 0 saturated carbocycles. The molecule has 0 fully saturated rings. The number of hydrogen-bond donors (Lipinski definition) is 0. The Morgan fingerprint density at radius 3 is 2.30 bits per heavy atom. The van der Waals surface area contributed by atoms with Gasteiger partial charge in [0, 0.05) is 18.4 Å². The quantitative estimate of drug-likeness (QED) is 0.571. The van der Waals surface area contributed by atoms with Gasteiger partial charge in [0.1, 0.15) is 5.82 Å². The SMILES string of the molecule is COc1cc(-c2nnc(SCc3cccc(F)c3)n2C)cc(OC)c1OC. The first-order valence-electron chi connectivity index (χ1n) is 8.14. The van der Waals surface area contributed by atoms with Crippen LogP contribution in [0.2, 0.25) is 0 Å². The maximum atomic E-state index is 13.3. The average molecular weight is 389 g/mol. The van der Waals surface area contributed by atoms with Crippen molar-refractivity contribution in [3.05, 3.63) is 47.8 Å². The van der Waals surface area contributed by atoms with Gasteiger partial charge >= 0.3 is 0 Å². The molecule has 0 aliphatic rings. The second-order valence-corrected chi connectivity index (χ2v) is 6.64. The van der Waals surface area contributed by atoms with Gasteiger partial charge < -0.3 is 18.8 Å². The van der Waals surface area contributed by atoms with E-state index >= 15 is 0 Å². The third kappa shape index (κ3) is 4.00. The molecule has 0 N–H and O–H groups in total. The smallest absolute Gasteiger partial charge is 0.203 e. The van der Waals surface area contributed by atoms with E-state index in [4.69, 9.17) is 14.2 Å². The zero-order chi connectivity index (χ0) is 19.4. The van der Waals surface area contributed by atoms with Crippen LogP contribution in [0.4, 0.5) is 4.39 Å². The number of aromatic nitrogens is 3. The van der Waals surface area contributed by atoms with Crippen molar-refractivity contribution in [1.29, 1.82) is 0 Å². The Balaban J connectivity index is 1.88. The number of rotatable bonds is 7. The number of thioether (sulfide) groups is 1. The number of halogens is 1. The highest BCUT2D eigenvalue weighted by Gasteiger charge is 2.18. The molecule has 0 atom stereocenters. The summed E-state index contributed by atoms with van der Waals surface area (Å²) in [5.74, 6) is 2.62. The molecule has 0 aliphatic heterocycles. The average Bonchev–Trinajstić information content (AvgIpc) is 3.05. The molecule has 2 aromatic carbocycles. The van der Waals surface area contributed by atoms with Crippen molar-refractivity contribution in [3.63, 3.8) is 0 Å². The van der Waals surface area contributed by atoms with Crippen LogP contribution in [0.25, 0.3) is 11.4 Å². The molecule has 1 aromatic heterocycles. The zero-order valence-corrected chi connectivity index (χ0v) is 16.3. The highest BCUT2D eigenvalue weighted by molar-refractivity contribution is 7.98. The van der Waals surface area contributed by atoms with Crippen LogP contribution >= 0.6 is 11.8 Å². The van der Waals surface area contributed by atoms with E-state index in [0.29, 0.717) is 28.8 Å². The molecule has 3 rings (SSSR count). The van der Waals surface area contributed by atoms with Gasteiger partial charge in [0.15, 0.2) is 22.5 Å². The number of nitrogens with zero attached hydrogens (tertiary/aromatic N) is 3. The molecule has 6 nitrogen and oxygen atoms in total. The fourth-order valence-corrected chi connectivity index (χ4v) is 3.53. The molecule has 8 heteroatoms. The lowest BCUT2D eigenvalue weighted by Crippen LogP contribution is -1.99. The Kier molecular flexibility index (Phi) is 5.85. The Morgan fingerprint density at radius 1 is 1.00 bits per heavy atom. The molecule has 0 aliphatic carbocycles. The van der Waals surface area contributed by atoms with Crippen molar-refractivity contribution in [2.24, 2.45) is 7.05 Å². The van der Waals surface area contributed by atoms with Crippen LogP contribution in [-0.2, 0) is 12.8 Å². The largest absolute Gasteiger partial charge is 0.493 e. The minimum atomic E-state index is -0.246. The Morgan fingerprint density at radius 2 is 1.70 bits per heavy atom. The van der Waals surface area contributed by atoms with E-state index in [9.17, 15) is 4.39 Å². The van der Waals surface area contributed by atoms with Crippen LogP contribution in [0.3, 0.4) is 0 Å². The van der Waals surface area contributed by atoms with Gasteiger partial charge in [-0.3, -0.25) is 0 Å². The van der Waals surface area contributed by atoms with E-state index in [2.05, 4.69) is 10.2 Å². The van der Waals surface area contributed by atoms with Gasteiger partial charge in [-0.25, -0.2) is 4.39 Å². The van der Waals surface area contributed by atoms with Gasteiger partial charge in [0.25, 0.3) is 0 Å². The molecule has 142 valence electrons. The first kappa shape index (κ1) is 19.0. The van der Waals surface area contributed by atoms with Crippen LogP contribution in [0, 0.1) is 5.82 Å². The van der Waals surface area contributed by atoms with E-state index in [1.807, 2.05) is 29.8 Å². The summed E-state index contributed by atoms with van der Waals surface area (Å²) in [7, 11) is 6.58. The standard InChI is InChI=1S/C19H20FN3O3S/c1-23-18(13-9-15(24-2)17(26-4)16(10-13)25-3)21-22-19(23)27-11-12-6-5-7-14(20)8-12/h5-10H,11H2,1-4H3. The van der Waals surface area contributed by atoms with Crippen molar-refractivity contribution < 1.29 is 18.6 Å². The topological polar surface area (TPSA) is 58.4 Å². The second-order valence-electron chi connectivity index (χ2n) is 5.70. The number of benzene rings is 2. The molecule has 1 heterocycles. The van der Waals surface area contributed by atoms with Gasteiger partial charge in [0.2, 0.25) is 5.75 Å². The van der Waals surface area contributed by atoms with Gasteiger partial charge in [0.05, 0.1) is 21.3 Å². The van der Waals surface area contributed by atoms with Crippen molar-refractivity contribution in [2.45, 2.75) is 10.9 Å². The fourth-order valence-electron chi connectivity index (χ4n) is 2.68. The zero-order valence-electron chi connectivity index (χ0n) is 15.5. The minimum absolute atomic E-state index is 0.246. The first-order valence-corrected chi connectivity index (χ1v) is 9.13. The predicted octanol–water partition coefficient (Wildman–Crippen LogP) is 3.94. The fraction of sp³-hybridized carbons (Fsp3) is 0.263. The lowest BCUT2D eigenvalue weighted by atomic mass is 10.1. The van der Waals surface area contributed by atoms with E-state index < -0.39 is 0 Å². The van der Waals surface area contributed by atoms with Crippen LogP contribution in [-0.4, -0.2) is 36.1 Å². The van der Waals surface area contributed by atoms with E-state index in [-0.39, 0.29) is 5.82 Å². The maximum absolute atomic E-state index is 13.3. The minimum Gasteiger partial charge on any atom is -0.493 e. The lowest BCUT2D eigenvalue weighted by Gasteiger charge is -2.14. The molecule has 0 radical (unpaired) electrons. The molecule has 0 spiro atoms. The first-order chi connectivity index (χ1) is 13.1. The van der Waals surface area contributed by atoms with Gasteiger partial charge in [-0.1, -0.05) is 23.9 Å². The second kappa shape index (κ2) is 8.30. The molecule has 3 aromatic rings. The Labute approximate surface area is 161 Å². The van der Waals surface area contributed by atoms with Crippen molar-refractivity contribution in [1.82, 2.24) is 14.8 Å². The summed E-state index contributed by atoms with van der Waals surface area (Å²) < 4.78 is 31.4. The highest BCUT2D eigenvalue weighted by atomic mass is 32.2. The number of methoxy groups -OCH3 is 3. The maximum Gasteiger partial charge on any atom is 0.203 e. The molecule has 27 heavy (non-hydrogen) atoms. The number of ether oxygens (including phenoxy) is 3.